The van der Waals surface area contributed by atoms with Gasteiger partial charge in [-0.25, -0.2) is 0 Å². The van der Waals surface area contributed by atoms with Crippen molar-refractivity contribution in [2.45, 2.75) is 19.8 Å². The third-order valence-electron chi connectivity index (χ3n) is 4.12. The standard InChI is InChI=1S/C19H20N2O4/c1-12-14(19(20)23)3-2-4-15(12)21-18(22)8-6-13-5-7-16-17(11-13)25-10-9-24-16/h2-5,7,11H,6,8-10H2,1H3,(H2,20,23)(H,21,22). The van der Waals surface area contributed by atoms with Crippen LogP contribution in [-0.4, -0.2) is 25.0 Å². The summed E-state index contributed by atoms with van der Waals surface area (Å²) in [6.45, 7) is 2.85. The van der Waals surface area contributed by atoms with Crippen LogP contribution >= 0.6 is 0 Å². The maximum atomic E-state index is 12.2. The molecule has 3 N–H and O–H groups in total. The molecule has 0 aromatic heterocycles. The number of aryl methyl sites for hydroxylation is 1. The smallest absolute Gasteiger partial charge is 0.249 e. The van der Waals surface area contributed by atoms with Gasteiger partial charge in [-0.15, -0.1) is 0 Å². The van der Waals surface area contributed by atoms with Gasteiger partial charge in [0.25, 0.3) is 0 Å². The van der Waals surface area contributed by atoms with Gasteiger partial charge in [0.2, 0.25) is 11.8 Å². The molecule has 1 heterocycles. The average Bonchev–Trinajstić information content (AvgIpc) is 2.61. The second-order valence-electron chi connectivity index (χ2n) is 5.87. The second kappa shape index (κ2) is 7.25. The fourth-order valence-electron chi connectivity index (χ4n) is 2.75. The SMILES string of the molecule is Cc1c(NC(=O)CCc2ccc3c(c2)OCCO3)cccc1C(N)=O. The summed E-state index contributed by atoms with van der Waals surface area (Å²) < 4.78 is 11.0. The van der Waals surface area contributed by atoms with Gasteiger partial charge in [-0.05, 0) is 48.7 Å². The molecule has 1 aliphatic rings. The number of anilines is 1. The predicted molar refractivity (Wildman–Crippen MR) is 94.1 cm³/mol. The second-order valence-corrected chi connectivity index (χ2v) is 5.87. The van der Waals surface area contributed by atoms with E-state index in [1.165, 1.54) is 0 Å². The van der Waals surface area contributed by atoms with E-state index in [4.69, 9.17) is 15.2 Å². The zero-order valence-electron chi connectivity index (χ0n) is 14.0. The van der Waals surface area contributed by atoms with Gasteiger partial charge in [0.1, 0.15) is 13.2 Å². The molecule has 0 fully saturated rings. The molecule has 2 aromatic rings. The van der Waals surface area contributed by atoms with E-state index in [0.29, 0.717) is 48.6 Å². The van der Waals surface area contributed by atoms with Crippen LogP contribution < -0.4 is 20.5 Å². The number of rotatable bonds is 5. The van der Waals surface area contributed by atoms with Crippen molar-refractivity contribution in [2.24, 2.45) is 5.73 Å². The largest absolute Gasteiger partial charge is 0.486 e. The van der Waals surface area contributed by atoms with Crippen LogP contribution in [0.1, 0.15) is 27.9 Å². The highest BCUT2D eigenvalue weighted by atomic mass is 16.6. The molecule has 0 aliphatic carbocycles. The van der Waals surface area contributed by atoms with E-state index in [9.17, 15) is 9.59 Å². The molecular weight excluding hydrogens is 320 g/mol. The summed E-state index contributed by atoms with van der Waals surface area (Å²) in [6, 6.07) is 10.8. The molecule has 0 radical (unpaired) electrons. The first-order valence-electron chi connectivity index (χ1n) is 8.12. The van der Waals surface area contributed by atoms with E-state index in [1.54, 1.807) is 25.1 Å². The molecule has 2 amide bonds. The summed E-state index contributed by atoms with van der Waals surface area (Å²) in [5.74, 6) is 0.817. The highest BCUT2D eigenvalue weighted by Crippen LogP contribution is 2.31. The van der Waals surface area contributed by atoms with Crippen molar-refractivity contribution in [1.29, 1.82) is 0 Å². The molecule has 6 heteroatoms. The summed E-state index contributed by atoms with van der Waals surface area (Å²) >= 11 is 0. The van der Waals surface area contributed by atoms with Crippen LogP contribution in [0.15, 0.2) is 36.4 Å². The average molecular weight is 340 g/mol. The number of carbonyl (C=O) groups excluding carboxylic acids is 2. The van der Waals surface area contributed by atoms with Crippen molar-refractivity contribution in [2.75, 3.05) is 18.5 Å². The van der Waals surface area contributed by atoms with Crippen LogP contribution in [0.2, 0.25) is 0 Å². The summed E-state index contributed by atoms with van der Waals surface area (Å²) in [7, 11) is 0. The molecule has 3 rings (SSSR count). The molecule has 0 unspecified atom stereocenters. The molecule has 2 aromatic carbocycles. The van der Waals surface area contributed by atoms with Crippen molar-refractivity contribution >= 4 is 17.5 Å². The van der Waals surface area contributed by atoms with Crippen molar-refractivity contribution < 1.29 is 19.1 Å². The number of ether oxygens (including phenoxy) is 2. The van der Waals surface area contributed by atoms with Crippen molar-refractivity contribution in [3.8, 4) is 11.5 Å². The van der Waals surface area contributed by atoms with E-state index in [2.05, 4.69) is 5.32 Å². The molecule has 25 heavy (non-hydrogen) atoms. The predicted octanol–water partition coefficient (Wildman–Crippen LogP) is 2.44. The van der Waals surface area contributed by atoms with E-state index in [1.807, 2.05) is 18.2 Å². The Morgan fingerprint density at radius 2 is 1.88 bits per heavy atom. The molecular formula is C19H20N2O4. The van der Waals surface area contributed by atoms with E-state index in [-0.39, 0.29) is 5.91 Å². The van der Waals surface area contributed by atoms with Crippen LogP contribution in [-0.2, 0) is 11.2 Å². The fraction of sp³-hybridized carbons (Fsp3) is 0.263. The Kier molecular flexibility index (Phi) is 4.88. The summed E-state index contributed by atoms with van der Waals surface area (Å²) in [5.41, 5.74) is 8.01. The van der Waals surface area contributed by atoms with Gasteiger partial charge in [-0.3, -0.25) is 9.59 Å². The Morgan fingerprint density at radius 1 is 1.12 bits per heavy atom. The maximum absolute atomic E-state index is 12.2. The van der Waals surface area contributed by atoms with Gasteiger partial charge in [0.05, 0.1) is 0 Å². The number of benzene rings is 2. The Bertz CT molecular complexity index is 817. The Labute approximate surface area is 145 Å². The van der Waals surface area contributed by atoms with E-state index in [0.717, 1.165) is 11.3 Å². The summed E-state index contributed by atoms with van der Waals surface area (Å²) in [6.07, 6.45) is 0.900. The van der Waals surface area contributed by atoms with Gasteiger partial charge in [-0.2, -0.15) is 0 Å². The van der Waals surface area contributed by atoms with Gasteiger partial charge in [-0.1, -0.05) is 12.1 Å². The number of hydrogen-bond donors (Lipinski definition) is 2. The van der Waals surface area contributed by atoms with Crippen LogP contribution in [0.4, 0.5) is 5.69 Å². The third kappa shape index (κ3) is 3.91. The number of primary amides is 1. The number of nitrogens with one attached hydrogen (secondary N) is 1. The lowest BCUT2D eigenvalue weighted by Crippen LogP contribution is -2.17. The van der Waals surface area contributed by atoms with Crippen molar-refractivity contribution in [3.63, 3.8) is 0 Å². The van der Waals surface area contributed by atoms with Crippen molar-refractivity contribution in [3.05, 3.63) is 53.1 Å². The highest BCUT2D eigenvalue weighted by molar-refractivity contribution is 5.98. The van der Waals surface area contributed by atoms with Gasteiger partial charge < -0.3 is 20.5 Å². The lowest BCUT2D eigenvalue weighted by atomic mass is 10.1. The summed E-state index contributed by atoms with van der Waals surface area (Å²) in [5, 5.41) is 2.84. The number of fused-ring (bicyclic) bond motifs is 1. The molecule has 0 saturated heterocycles. The number of hydrogen-bond acceptors (Lipinski definition) is 4. The zero-order valence-corrected chi connectivity index (χ0v) is 14.0. The highest BCUT2D eigenvalue weighted by Gasteiger charge is 2.13. The number of amides is 2. The molecule has 0 spiro atoms. The molecule has 0 bridgehead atoms. The molecule has 0 atom stereocenters. The van der Waals surface area contributed by atoms with Crippen molar-refractivity contribution in [1.82, 2.24) is 0 Å². The number of carbonyl (C=O) groups is 2. The third-order valence-corrected chi connectivity index (χ3v) is 4.12. The van der Waals surface area contributed by atoms with E-state index < -0.39 is 5.91 Å². The normalized spacial score (nSPS) is 12.5. The van der Waals surface area contributed by atoms with E-state index >= 15 is 0 Å². The van der Waals surface area contributed by atoms with Crippen LogP contribution in [0, 0.1) is 6.92 Å². The molecule has 0 saturated carbocycles. The van der Waals surface area contributed by atoms with Gasteiger partial charge >= 0.3 is 0 Å². The lowest BCUT2D eigenvalue weighted by molar-refractivity contribution is -0.116. The van der Waals surface area contributed by atoms with Crippen LogP contribution in [0.25, 0.3) is 0 Å². The Hall–Kier alpha value is -3.02. The zero-order chi connectivity index (χ0) is 17.8. The van der Waals surface area contributed by atoms with Crippen LogP contribution in [0.5, 0.6) is 11.5 Å². The summed E-state index contributed by atoms with van der Waals surface area (Å²) in [4.78, 5) is 23.6. The lowest BCUT2D eigenvalue weighted by Gasteiger charge is -2.18. The minimum atomic E-state index is -0.509. The first kappa shape index (κ1) is 16.8. The molecule has 6 nitrogen and oxygen atoms in total. The van der Waals surface area contributed by atoms with Gasteiger partial charge in [0, 0.05) is 17.7 Å². The minimum absolute atomic E-state index is 0.125. The number of nitrogens with two attached hydrogens (primary N) is 1. The van der Waals surface area contributed by atoms with Crippen LogP contribution in [0.3, 0.4) is 0 Å². The Balaban J connectivity index is 1.62. The first-order chi connectivity index (χ1) is 12.0. The Morgan fingerprint density at radius 3 is 2.64 bits per heavy atom. The first-order valence-corrected chi connectivity index (χ1v) is 8.12. The van der Waals surface area contributed by atoms with Gasteiger partial charge in [0.15, 0.2) is 11.5 Å². The topological polar surface area (TPSA) is 90.7 Å². The quantitative estimate of drug-likeness (QED) is 0.874. The molecule has 1 aliphatic heterocycles. The molecule has 130 valence electrons. The minimum Gasteiger partial charge on any atom is -0.486 e. The monoisotopic (exact) mass is 340 g/mol. The maximum Gasteiger partial charge on any atom is 0.249 e. The fourth-order valence-corrected chi connectivity index (χ4v) is 2.75.